The van der Waals surface area contributed by atoms with Gasteiger partial charge in [0.1, 0.15) is 5.60 Å². The molecule has 1 saturated carbocycles. The number of carbonyl (C=O) groups excluding carboxylic acids is 1. The van der Waals surface area contributed by atoms with Gasteiger partial charge >= 0.3 is 5.97 Å². The van der Waals surface area contributed by atoms with Crippen molar-refractivity contribution in [2.45, 2.75) is 51.2 Å². The van der Waals surface area contributed by atoms with Gasteiger partial charge in [-0.15, -0.1) is 0 Å². The Bertz CT molecular complexity index is 239. The Morgan fingerprint density at radius 3 is 3.00 bits per heavy atom. The van der Waals surface area contributed by atoms with Crippen molar-refractivity contribution >= 4 is 5.97 Å². The van der Waals surface area contributed by atoms with E-state index in [9.17, 15) is 4.79 Å². The Hall–Kier alpha value is -0.570. The van der Waals surface area contributed by atoms with E-state index >= 15 is 0 Å². The van der Waals surface area contributed by atoms with Gasteiger partial charge in [-0.3, -0.25) is 0 Å². The summed E-state index contributed by atoms with van der Waals surface area (Å²) < 4.78 is 10.6. The lowest BCUT2D eigenvalue weighted by molar-refractivity contribution is -0.144. The molecule has 0 aromatic heterocycles. The summed E-state index contributed by atoms with van der Waals surface area (Å²) in [5.74, 6) is 0.340. The average molecular weight is 198 g/mol. The summed E-state index contributed by atoms with van der Waals surface area (Å²) in [5.41, 5.74) is -0.148. The average Bonchev–Trinajstić information content (AvgIpc) is 2.87. The molecule has 0 bridgehead atoms. The van der Waals surface area contributed by atoms with Gasteiger partial charge in [0.05, 0.1) is 6.61 Å². The molecule has 2 rings (SSSR count). The van der Waals surface area contributed by atoms with E-state index < -0.39 is 0 Å². The van der Waals surface area contributed by atoms with Crippen LogP contribution in [0.4, 0.5) is 0 Å². The fourth-order valence-corrected chi connectivity index (χ4v) is 2.56. The molecule has 0 N–H and O–H groups in total. The van der Waals surface area contributed by atoms with Crippen LogP contribution in [0.15, 0.2) is 0 Å². The van der Waals surface area contributed by atoms with Crippen LogP contribution in [0.3, 0.4) is 0 Å². The zero-order chi connectivity index (χ0) is 10.2. The molecule has 0 radical (unpaired) electrons. The first-order valence-electron chi connectivity index (χ1n) is 5.55. The number of carbonyl (C=O) groups is 1. The summed E-state index contributed by atoms with van der Waals surface area (Å²) in [6.45, 7) is 4.46. The maximum absolute atomic E-state index is 11.5. The van der Waals surface area contributed by atoms with Crippen LogP contribution in [0.25, 0.3) is 0 Å². The fourth-order valence-electron chi connectivity index (χ4n) is 2.56. The molecule has 2 aliphatic rings. The Kier molecular flexibility index (Phi) is 2.52. The van der Waals surface area contributed by atoms with Crippen LogP contribution in [0, 0.1) is 5.92 Å². The molecule has 0 unspecified atom stereocenters. The standard InChI is InChI=1S/C11H18O3/c1-3-13-10(12)9-11(14-9)7-5-4-6-8(11)2/h8-9H,3-7H2,1-2H3/t8-,9-,11+/m0/s1. The third-order valence-electron chi connectivity index (χ3n) is 3.51. The molecule has 2 fully saturated rings. The second-order valence-electron chi connectivity index (χ2n) is 4.35. The molecule has 1 aliphatic carbocycles. The maximum atomic E-state index is 11.5. The second kappa shape index (κ2) is 3.54. The number of rotatable bonds is 2. The smallest absolute Gasteiger partial charge is 0.338 e. The van der Waals surface area contributed by atoms with Crippen molar-refractivity contribution in [1.82, 2.24) is 0 Å². The van der Waals surface area contributed by atoms with Gasteiger partial charge in [-0.25, -0.2) is 4.79 Å². The van der Waals surface area contributed by atoms with Crippen LogP contribution >= 0.6 is 0 Å². The van der Waals surface area contributed by atoms with Crippen molar-refractivity contribution in [2.24, 2.45) is 5.92 Å². The fraction of sp³-hybridized carbons (Fsp3) is 0.909. The van der Waals surface area contributed by atoms with Crippen molar-refractivity contribution < 1.29 is 14.3 Å². The van der Waals surface area contributed by atoms with Crippen molar-refractivity contribution in [2.75, 3.05) is 6.61 Å². The van der Waals surface area contributed by atoms with Gasteiger partial charge in [0, 0.05) is 0 Å². The zero-order valence-electron chi connectivity index (χ0n) is 8.91. The van der Waals surface area contributed by atoms with E-state index in [1.807, 2.05) is 6.92 Å². The third-order valence-corrected chi connectivity index (χ3v) is 3.51. The van der Waals surface area contributed by atoms with E-state index in [0.29, 0.717) is 12.5 Å². The predicted molar refractivity (Wildman–Crippen MR) is 51.9 cm³/mol. The van der Waals surface area contributed by atoms with E-state index in [-0.39, 0.29) is 17.7 Å². The maximum Gasteiger partial charge on any atom is 0.338 e. The Morgan fingerprint density at radius 2 is 2.36 bits per heavy atom. The summed E-state index contributed by atoms with van der Waals surface area (Å²) in [7, 11) is 0. The molecule has 0 amide bonds. The van der Waals surface area contributed by atoms with Gasteiger partial charge < -0.3 is 9.47 Å². The van der Waals surface area contributed by atoms with Gasteiger partial charge in [-0.1, -0.05) is 19.8 Å². The summed E-state index contributed by atoms with van der Waals surface area (Å²) in [6, 6.07) is 0. The number of hydrogen-bond acceptors (Lipinski definition) is 3. The van der Waals surface area contributed by atoms with E-state index in [1.165, 1.54) is 19.3 Å². The van der Waals surface area contributed by atoms with Crippen LogP contribution in [0.5, 0.6) is 0 Å². The van der Waals surface area contributed by atoms with Crippen LogP contribution in [0.2, 0.25) is 0 Å². The van der Waals surface area contributed by atoms with Crippen LogP contribution < -0.4 is 0 Å². The van der Waals surface area contributed by atoms with Crippen LogP contribution in [0.1, 0.15) is 39.5 Å². The predicted octanol–water partition coefficient (Wildman–Crippen LogP) is 1.90. The zero-order valence-corrected chi connectivity index (χ0v) is 8.91. The van der Waals surface area contributed by atoms with Crippen LogP contribution in [-0.4, -0.2) is 24.3 Å². The first-order valence-corrected chi connectivity index (χ1v) is 5.55. The number of epoxide rings is 1. The highest BCUT2D eigenvalue weighted by molar-refractivity contribution is 5.79. The van der Waals surface area contributed by atoms with Gasteiger partial charge in [0.15, 0.2) is 6.10 Å². The molecule has 1 saturated heterocycles. The lowest BCUT2D eigenvalue weighted by Crippen LogP contribution is -2.32. The van der Waals surface area contributed by atoms with E-state index in [4.69, 9.17) is 9.47 Å². The second-order valence-corrected chi connectivity index (χ2v) is 4.35. The molecule has 0 aromatic carbocycles. The Balaban J connectivity index is 1.97. The van der Waals surface area contributed by atoms with Crippen molar-refractivity contribution in [3.8, 4) is 0 Å². The summed E-state index contributed by atoms with van der Waals surface area (Å²) in [6.07, 6.45) is 4.38. The molecule has 80 valence electrons. The van der Waals surface area contributed by atoms with E-state index in [0.717, 1.165) is 6.42 Å². The minimum Gasteiger partial charge on any atom is -0.464 e. The van der Waals surface area contributed by atoms with Gasteiger partial charge in [0.25, 0.3) is 0 Å². The summed E-state index contributed by atoms with van der Waals surface area (Å²) in [5, 5.41) is 0. The van der Waals surface area contributed by atoms with Gasteiger partial charge in [0.2, 0.25) is 0 Å². The number of esters is 1. The third kappa shape index (κ3) is 1.44. The first-order chi connectivity index (χ1) is 6.70. The molecule has 1 spiro atoms. The molecule has 3 nitrogen and oxygen atoms in total. The number of hydrogen-bond donors (Lipinski definition) is 0. The highest BCUT2D eigenvalue weighted by atomic mass is 16.7. The van der Waals surface area contributed by atoms with Crippen molar-refractivity contribution in [3.05, 3.63) is 0 Å². The van der Waals surface area contributed by atoms with Gasteiger partial charge in [-0.2, -0.15) is 0 Å². The quantitative estimate of drug-likeness (QED) is 0.502. The SMILES string of the molecule is CCOC(=O)[C@@H]1O[C@@]12CCCC[C@@H]2C. The molecule has 1 heterocycles. The lowest BCUT2D eigenvalue weighted by atomic mass is 9.78. The minimum absolute atomic E-state index is 0.148. The molecule has 0 aromatic rings. The highest BCUT2D eigenvalue weighted by Gasteiger charge is 2.64. The minimum atomic E-state index is -0.266. The molecule has 3 atom stereocenters. The number of ether oxygens (including phenoxy) is 2. The van der Waals surface area contributed by atoms with Gasteiger partial charge in [-0.05, 0) is 25.7 Å². The summed E-state index contributed by atoms with van der Waals surface area (Å²) in [4.78, 5) is 11.5. The van der Waals surface area contributed by atoms with Crippen LogP contribution in [-0.2, 0) is 14.3 Å². The highest BCUT2D eigenvalue weighted by Crippen LogP contribution is 2.51. The van der Waals surface area contributed by atoms with E-state index in [1.54, 1.807) is 0 Å². The summed E-state index contributed by atoms with van der Waals surface area (Å²) >= 11 is 0. The van der Waals surface area contributed by atoms with Crippen molar-refractivity contribution in [1.29, 1.82) is 0 Å². The molecule has 1 aliphatic heterocycles. The topological polar surface area (TPSA) is 38.8 Å². The lowest BCUT2D eigenvalue weighted by Gasteiger charge is -2.25. The molecule has 14 heavy (non-hydrogen) atoms. The normalized spacial score (nSPS) is 41.0. The first kappa shape index (κ1) is 9.97. The monoisotopic (exact) mass is 198 g/mol. The largest absolute Gasteiger partial charge is 0.464 e. The Labute approximate surface area is 84.8 Å². The Morgan fingerprint density at radius 1 is 1.57 bits per heavy atom. The molecule has 3 heteroatoms. The van der Waals surface area contributed by atoms with E-state index in [2.05, 4.69) is 6.92 Å². The molecular formula is C11H18O3. The van der Waals surface area contributed by atoms with Crippen molar-refractivity contribution in [3.63, 3.8) is 0 Å². The molecular weight excluding hydrogens is 180 g/mol.